The average Bonchev–Trinajstić information content (AvgIpc) is 2.87. The van der Waals surface area contributed by atoms with E-state index in [1.165, 1.54) is 25.0 Å². The minimum atomic E-state index is -0.948. The Bertz CT molecular complexity index is 501. The molecule has 1 amide bonds. The molecule has 5 heteroatoms. The van der Waals surface area contributed by atoms with Gasteiger partial charge >= 0.3 is 5.97 Å². The summed E-state index contributed by atoms with van der Waals surface area (Å²) >= 11 is 1.92. The molecule has 2 rings (SSSR count). The zero-order valence-electron chi connectivity index (χ0n) is 12.2. The van der Waals surface area contributed by atoms with Crippen molar-refractivity contribution in [1.29, 1.82) is 0 Å². The second-order valence-corrected chi connectivity index (χ2v) is 6.79. The van der Waals surface area contributed by atoms with E-state index in [1.54, 1.807) is 12.1 Å². The van der Waals surface area contributed by atoms with Crippen LogP contribution in [0, 0.1) is 0 Å². The Morgan fingerprint density at radius 1 is 1.29 bits per heavy atom. The van der Waals surface area contributed by atoms with Crippen LogP contribution in [0.25, 0.3) is 0 Å². The Balaban J connectivity index is 1.88. The molecule has 1 aromatic carbocycles. The van der Waals surface area contributed by atoms with E-state index in [9.17, 15) is 9.59 Å². The van der Waals surface area contributed by atoms with Crippen molar-refractivity contribution >= 4 is 23.6 Å². The quantitative estimate of drug-likeness (QED) is 0.848. The van der Waals surface area contributed by atoms with Gasteiger partial charge in [0.15, 0.2) is 0 Å². The van der Waals surface area contributed by atoms with E-state index in [2.05, 4.69) is 12.2 Å². The Hall–Kier alpha value is -1.49. The smallest absolute Gasteiger partial charge is 0.335 e. The summed E-state index contributed by atoms with van der Waals surface area (Å²) in [6.45, 7) is 2.14. The topological polar surface area (TPSA) is 66.4 Å². The van der Waals surface area contributed by atoms with Crippen molar-refractivity contribution in [2.24, 2.45) is 0 Å². The normalized spacial score (nSPS) is 21.2. The molecular weight excluding hydrogens is 286 g/mol. The fourth-order valence-corrected chi connectivity index (χ4v) is 3.91. The van der Waals surface area contributed by atoms with Gasteiger partial charge in [-0.2, -0.15) is 11.8 Å². The number of hydrogen-bond donors (Lipinski definition) is 2. The Kier molecular flexibility index (Phi) is 5.67. The van der Waals surface area contributed by atoms with Crippen molar-refractivity contribution < 1.29 is 14.7 Å². The van der Waals surface area contributed by atoms with Gasteiger partial charge in [0.25, 0.3) is 0 Å². The first kappa shape index (κ1) is 15.9. The van der Waals surface area contributed by atoms with Crippen LogP contribution in [0.1, 0.15) is 42.1 Å². The number of amides is 1. The second kappa shape index (κ2) is 7.50. The van der Waals surface area contributed by atoms with Crippen LogP contribution in [0.3, 0.4) is 0 Å². The molecule has 1 aromatic rings. The standard InChI is InChI=1S/C16H21NO3S/c1-2-21-14-5-3-4-13(14)17-15(18)10-11-6-8-12(9-7-11)16(19)20/h6-9,13-14H,2-5,10H2,1H3,(H,17,18)(H,19,20). The first-order valence-electron chi connectivity index (χ1n) is 7.33. The van der Waals surface area contributed by atoms with E-state index in [0.717, 1.165) is 17.7 Å². The highest BCUT2D eigenvalue weighted by molar-refractivity contribution is 7.99. The van der Waals surface area contributed by atoms with Gasteiger partial charge < -0.3 is 10.4 Å². The van der Waals surface area contributed by atoms with Crippen molar-refractivity contribution in [3.05, 3.63) is 35.4 Å². The van der Waals surface area contributed by atoms with Gasteiger partial charge in [-0.3, -0.25) is 4.79 Å². The predicted octanol–water partition coefficient (Wildman–Crippen LogP) is 2.72. The maximum atomic E-state index is 12.1. The number of hydrogen-bond acceptors (Lipinski definition) is 3. The molecule has 2 unspecified atom stereocenters. The van der Waals surface area contributed by atoms with Crippen LogP contribution >= 0.6 is 11.8 Å². The lowest BCUT2D eigenvalue weighted by Crippen LogP contribution is -2.39. The molecule has 0 heterocycles. The fourth-order valence-electron chi connectivity index (χ4n) is 2.71. The third-order valence-corrected chi connectivity index (χ3v) is 5.07. The molecule has 2 N–H and O–H groups in total. The second-order valence-electron chi connectivity index (χ2n) is 5.28. The molecule has 0 spiro atoms. The molecule has 0 aromatic heterocycles. The van der Waals surface area contributed by atoms with Crippen molar-refractivity contribution in [2.45, 2.75) is 43.9 Å². The largest absolute Gasteiger partial charge is 0.478 e. The molecule has 0 radical (unpaired) electrons. The summed E-state index contributed by atoms with van der Waals surface area (Å²) in [4.78, 5) is 22.9. The van der Waals surface area contributed by atoms with Crippen molar-refractivity contribution in [3.8, 4) is 0 Å². The molecule has 1 fully saturated rings. The van der Waals surface area contributed by atoms with E-state index in [-0.39, 0.29) is 17.5 Å². The summed E-state index contributed by atoms with van der Waals surface area (Å²) in [5.74, 6) is 0.149. The predicted molar refractivity (Wildman–Crippen MR) is 84.8 cm³/mol. The third kappa shape index (κ3) is 4.49. The first-order chi connectivity index (χ1) is 10.1. The number of rotatable bonds is 6. The highest BCUT2D eigenvalue weighted by Gasteiger charge is 2.28. The summed E-state index contributed by atoms with van der Waals surface area (Å²) < 4.78 is 0. The van der Waals surface area contributed by atoms with Gasteiger partial charge in [-0.25, -0.2) is 4.79 Å². The fraction of sp³-hybridized carbons (Fsp3) is 0.500. The Labute approximate surface area is 129 Å². The highest BCUT2D eigenvalue weighted by Crippen LogP contribution is 2.29. The van der Waals surface area contributed by atoms with Crippen molar-refractivity contribution in [3.63, 3.8) is 0 Å². The van der Waals surface area contributed by atoms with Gasteiger partial charge in [-0.05, 0) is 36.3 Å². The van der Waals surface area contributed by atoms with Gasteiger partial charge in [0.05, 0.1) is 12.0 Å². The van der Waals surface area contributed by atoms with Crippen LogP contribution in [-0.2, 0) is 11.2 Å². The van der Waals surface area contributed by atoms with Crippen molar-refractivity contribution in [2.75, 3.05) is 5.75 Å². The van der Waals surface area contributed by atoms with Gasteiger partial charge in [0, 0.05) is 11.3 Å². The molecule has 0 saturated heterocycles. The van der Waals surface area contributed by atoms with Crippen LogP contribution < -0.4 is 5.32 Å². The van der Waals surface area contributed by atoms with E-state index in [4.69, 9.17) is 5.11 Å². The number of benzene rings is 1. The molecular formula is C16H21NO3S. The lowest BCUT2D eigenvalue weighted by atomic mass is 10.1. The molecule has 1 saturated carbocycles. The van der Waals surface area contributed by atoms with Gasteiger partial charge in [-0.1, -0.05) is 25.5 Å². The highest BCUT2D eigenvalue weighted by atomic mass is 32.2. The van der Waals surface area contributed by atoms with Gasteiger partial charge in [-0.15, -0.1) is 0 Å². The lowest BCUT2D eigenvalue weighted by molar-refractivity contribution is -0.121. The SMILES string of the molecule is CCSC1CCCC1NC(=O)Cc1ccc(C(=O)O)cc1. The number of carbonyl (C=O) groups is 2. The summed E-state index contributed by atoms with van der Waals surface area (Å²) in [5.41, 5.74) is 1.09. The van der Waals surface area contributed by atoms with Crippen LogP contribution in [0.4, 0.5) is 0 Å². The minimum absolute atomic E-state index is 0.0201. The van der Waals surface area contributed by atoms with Gasteiger partial charge in [0.1, 0.15) is 0 Å². The molecule has 2 atom stereocenters. The Morgan fingerprint density at radius 3 is 2.62 bits per heavy atom. The van der Waals surface area contributed by atoms with Crippen LogP contribution in [0.5, 0.6) is 0 Å². The molecule has 1 aliphatic carbocycles. The third-order valence-electron chi connectivity index (χ3n) is 3.75. The zero-order chi connectivity index (χ0) is 15.2. The van der Waals surface area contributed by atoms with E-state index < -0.39 is 5.97 Å². The van der Waals surface area contributed by atoms with Crippen LogP contribution in [0.2, 0.25) is 0 Å². The van der Waals surface area contributed by atoms with E-state index >= 15 is 0 Å². The lowest BCUT2D eigenvalue weighted by Gasteiger charge is -2.20. The van der Waals surface area contributed by atoms with Crippen molar-refractivity contribution in [1.82, 2.24) is 5.32 Å². The maximum absolute atomic E-state index is 12.1. The Morgan fingerprint density at radius 2 is 2.00 bits per heavy atom. The molecule has 21 heavy (non-hydrogen) atoms. The summed E-state index contributed by atoms with van der Waals surface area (Å²) in [5, 5.41) is 12.5. The molecule has 1 aliphatic rings. The maximum Gasteiger partial charge on any atom is 0.335 e. The van der Waals surface area contributed by atoms with E-state index in [0.29, 0.717) is 11.7 Å². The minimum Gasteiger partial charge on any atom is -0.478 e. The number of carboxylic acid groups (broad SMARTS) is 1. The number of aromatic carboxylic acids is 1. The van der Waals surface area contributed by atoms with Crippen LogP contribution in [-0.4, -0.2) is 34.0 Å². The summed E-state index contributed by atoms with van der Waals surface area (Å²) in [6, 6.07) is 6.76. The molecule has 114 valence electrons. The molecule has 0 aliphatic heterocycles. The van der Waals surface area contributed by atoms with Crippen LogP contribution in [0.15, 0.2) is 24.3 Å². The first-order valence-corrected chi connectivity index (χ1v) is 8.38. The number of thioether (sulfide) groups is 1. The zero-order valence-corrected chi connectivity index (χ0v) is 13.0. The number of nitrogens with one attached hydrogen (secondary N) is 1. The monoisotopic (exact) mass is 307 g/mol. The number of carbonyl (C=O) groups excluding carboxylic acids is 1. The molecule has 0 bridgehead atoms. The molecule has 4 nitrogen and oxygen atoms in total. The van der Waals surface area contributed by atoms with Gasteiger partial charge in [0.2, 0.25) is 5.91 Å². The summed E-state index contributed by atoms with van der Waals surface area (Å²) in [6.07, 6.45) is 3.72. The summed E-state index contributed by atoms with van der Waals surface area (Å²) in [7, 11) is 0. The number of carboxylic acids is 1. The van der Waals surface area contributed by atoms with E-state index in [1.807, 2.05) is 11.8 Å². The average molecular weight is 307 g/mol.